The zero-order valence-corrected chi connectivity index (χ0v) is 21.2. The minimum Gasteiger partial charge on any atom is -0.414 e. The molecule has 1 aromatic carbocycles. The largest absolute Gasteiger partial charge is 0.414 e. The van der Waals surface area contributed by atoms with E-state index in [1.165, 1.54) is 50.5 Å². The van der Waals surface area contributed by atoms with Crippen molar-refractivity contribution in [2.24, 2.45) is 34.5 Å². The first-order valence-corrected chi connectivity index (χ1v) is 16.1. The Hall–Kier alpha value is -0.933. The molecule has 7 unspecified atom stereocenters. The molecule has 0 amide bonds. The van der Waals surface area contributed by atoms with Crippen LogP contribution >= 0.6 is 0 Å². The lowest BCUT2D eigenvalue weighted by Crippen LogP contribution is -2.54. The number of fused-ring (bicyclic) bond motifs is 5. The lowest BCUT2D eigenvalue weighted by Gasteiger charge is -2.60. The number of rotatable bonds is 4. The fourth-order valence-electron chi connectivity index (χ4n) is 8.68. The molecule has 2 nitrogen and oxygen atoms in total. The lowest BCUT2D eigenvalue weighted by atomic mass is 9.45. The van der Waals surface area contributed by atoms with Gasteiger partial charge in [-0.05, 0) is 105 Å². The van der Waals surface area contributed by atoms with Crippen LogP contribution in [0.25, 0.3) is 0 Å². The van der Waals surface area contributed by atoms with Gasteiger partial charge in [-0.3, -0.25) is 4.79 Å². The van der Waals surface area contributed by atoms with Crippen LogP contribution in [0.15, 0.2) is 30.3 Å². The van der Waals surface area contributed by atoms with E-state index in [4.69, 9.17) is 4.43 Å². The maximum absolute atomic E-state index is 12.7. The highest BCUT2D eigenvalue weighted by Crippen LogP contribution is 2.65. The first-order chi connectivity index (χ1) is 14.7. The Bertz CT molecular complexity index is 820. The minimum absolute atomic E-state index is 0.0116. The molecule has 0 spiro atoms. The van der Waals surface area contributed by atoms with Gasteiger partial charge < -0.3 is 4.43 Å². The topological polar surface area (TPSA) is 26.3 Å². The highest BCUT2D eigenvalue weighted by molar-refractivity contribution is 6.70. The molecule has 0 aliphatic heterocycles. The Labute approximate surface area is 190 Å². The zero-order valence-electron chi connectivity index (χ0n) is 20.2. The van der Waals surface area contributed by atoms with Crippen LogP contribution in [-0.4, -0.2) is 20.2 Å². The molecule has 0 saturated heterocycles. The van der Waals surface area contributed by atoms with Crippen molar-refractivity contribution >= 4 is 14.1 Å². The zero-order chi connectivity index (χ0) is 21.9. The SMILES string of the molecule is CC12CCC3C(CCC4CC(O[Si](C)(C)Cc5ccccc5)CCC43C)C1CCC2=O. The van der Waals surface area contributed by atoms with Crippen LogP contribution in [0.1, 0.15) is 77.2 Å². The number of Topliss-reactive ketones (excluding diaryl/α,β-unsaturated/α-hetero) is 1. The molecular weight excluding hydrogens is 396 g/mol. The third kappa shape index (κ3) is 3.78. The summed E-state index contributed by atoms with van der Waals surface area (Å²) in [5.41, 5.74) is 1.91. The van der Waals surface area contributed by atoms with Crippen molar-refractivity contribution in [1.82, 2.24) is 0 Å². The van der Waals surface area contributed by atoms with Crippen molar-refractivity contribution in [2.75, 3.05) is 0 Å². The van der Waals surface area contributed by atoms with E-state index in [1.54, 1.807) is 0 Å². The first-order valence-electron chi connectivity index (χ1n) is 13.0. The maximum atomic E-state index is 12.7. The molecule has 4 aliphatic rings. The van der Waals surface area contributed by atoms with Gasteiger partial charge in [-0.2, -0.15) is 0 Å². The molecule has 4 fully saturated rings. The molecule has 0 N–H and O–H groups in total. The maximum Gasteiger partial charge on any atom is 0.191 e. The fourth-order valence-corrected chi connectivity index (χ4v) is 11.1. The van der Waals surface area contributed by atoms with Crippen LogP contribution in [0.2, 0.25) is 13.1 Å². The van der Waals surface area contributed by atoms with Gasteiger partial charge in [0.05, 0.1) is 0 Å². The number of carbonyl (C=O) groups is 1. The van der Waals surface area contributed by atoms with Crippen LogP contribution in [0.4, 0.5) is 0 Å². The Morgan fingerprint density at radius 3 is 2.52 bits per heavy atom. The van der Waals surface area contributed by atoms with Crippen molar-refractivity contribution in [1.29, 1.82) is 0 Å². The quantitative estimate of drug-likeness (QED) is 0.474. The number of benzene rings is 1. The van der Waals surface area contributed by atoms with Gasteiger partial charge in [0.2, 0.25) is 0 Å². The molecule has 0 bridgehead atoms. The average molecular weight is 439 g/mol. The standard InChI is InChI=1S/C28H42O2Si/c1-27-16-14-22(30-31(3,4)19-20-8-6-5-7-9-20)18-21(27)10-11-23-24-12-13-26(29)28(24,2)17-15-25(23)27/h5-9,21-25H,10-19H2,1-4H3. The summed E-state index contributed by atoms with van der Waals surface area (Å²) in [6, 6.07) is 12.0. The summed E-state index contributed by atoms with van der Waals surface area (Å²) in [7, 11) is -1.72. The first kappa shape index (κ1) is 21.9. The lowest BCUT2D eigenvalue weighted by molar-refractivity contribution is -0.141. The van der Waals surface area contributed by atoms with Crippen LogP contribution in [-0.2, 0) is 15.3 Å². The van der Waals surface area contributed by atoms with E-state index in [1.807, 2.05) is 0 Å². The highest BCUT2D eigenvalue weighted by Gasteiger charge is 2.60. The smallest absolute Gasteiger partial charge is 0.191 e. The van der Waals surface area contributed by atoms with E-state index < -0.39 is 8.32 Å². The fraction of sp³-hybridized carbons (Fsp3) is 0.750. The van der Waals surface area contributed by atoms with Crippen molar-refractivity contribution in [3.8, 4) is 0 Å². The van der Waals surface area contributed by atoms with E-state index in [0.717, 1.165) is 36.6 Å². The van der Waals surface area contributed by atoms with Crippen molar-refractivity contribution in [3.05, 3.63) is 35.9 Å². The molecule has 4 aliphatic carbocycles. The van der Waals surface area contributed by atoms with Gasteiger partial charge >= 0.3 is 0 Å². The van der Waals surface area contributed by atoms with Crippen molar-refractivity contribution in [3.63, 3.8) is 0 Å². The second kappa shape index (κ2) is 7.83. The Kier molecular flexibility index (Phi) is 5.53. The number of hydrogen-bond acceptors (Lipinski definition) is 2. The third-order valence-corrected chi connectivity index (χ3v) is 12.5. The Morgan fingerprint density at radius 2 is 1.74 bits per heavy atom. The minimum atomic E-state index is -1.72. The molecule has 0 aromatic heterocycles. The van der Waals surface area contributed by atoms with Crippen molar-refractivity contribution in [2.45, 2.75) is 96.9 Å². The molecule has 4 saturated carbocycles. The van der Waals surface area contributed by atoms with Gasteiger partial charge in [0.1, 0.15) is 5.78 Å². The molecule has 0 heterocycles. The van der Waals surface area contributed by atoms with Gasteiger partial charge in [-0.15, -0.1) is 0 Å². The molecule has 7 atom stereocenters. The monoisotopic (exact) mass is 438 g/mol. The number of ketones is 1. The van der Waals surface area contributed by atoms with Crippen molar-refractivity contribution < 1.29 is 9.22 Å². The van der Waals surface area contributed by atoms with Crippen LogP contribution < -0.4 is 0 Å². The van der Waals surface area contributed by atoms with Crippen LogP contribution in [0.5, 0.6) is 0 Å². The van der Waals surface area contributed by atoms with E-state index in [0.29, 0.717) is 23.2 Å². The third-order valence-electron chi connectivity index (χ3n) is 10.3. The van der Waals surface area contributed by atoms with E-state index in [9.17, 15) is 4.79 Å². The van der Waals surface area contributed by atoms with Gasteiger partial charge in [0.15, 0.2) is 8.32 Å². The summed E-state index contributed by atoms with van der Waals surface area (Å²) in [6.07, 6.45) is 11.5. The molecule has 1 aromatic rings. The van der Waals surface area contributed by atoms with Gasteiger partial charge in [0.25, 0.3) is 0 Å². The molecular formula is C28H42O2Si. The summed E-state index contributed by atoms with van der Waals surface area (Å²) < 4.78 is 6.91. The van der Waals surface area contributed by atoms with E-state index in [-0.39, 0.29) is 5.41 Å². The summed E-state index contributed by atoms with van der Waals surface area (Å²) in [5.74, 6) is 3.70. The molecule has 31 heavy (non-hydrogen) atoms. The van der Waals surface area contributed by atoms with E-state index >= 15 is 0 Å². The molecule has 3 heteroatoms. The highest BCUT2D eigenvalue weighted by atomic mass is 28.4. The van der Waals surface area contributed by atoms with Crippen LogP contribution in [0, 0.1) is 34.5 Å². The molecule has 170 valence electrons. The Balaban J connectivity index is 1.26. The summed E-state index contributed by atoms with van der Waals surface area (Å²) in [4.78, 5) is 12.7. The summed E-state index contributed by atoms with van der Waals surface area (Å²) in [6.45, 7) is 9.74. The molecule has 5 rings (SSSR count). The van der Waals surface area contributed by atoms with Gasteiger partial charge in [0, 0.05) is 17.9 Å². The number of carbonyl (C=O) groups excluding carboxylic acids is 1. The second-order valence-corrected chi connectivity index (χ2v) is 16.6. The normalized spacial score (nSPS) is 42.6. The average Bonchev–Trinajstić information content (AvgIpc) is 3.03. The Morgan fingerprint density at radius 1 is 0.968 bits per heavy atom. The summed E-state index contributed by atoms with van der Waals surface area (Å²) in [5, 5.41) is 0. The van der Waals surface area contributed by atoms with Gasteiger partial charge in [-0.25, -0.2) is 0 Å². The predicted molar refractivity (Wildman–Crippen MR) is 129 cm³/mol. The predicted octanol–water partition coefficient (Wildman–Crippen LogP) is 6.97. The van der Waals surface area contributed by atoms with Gasteiger partial charge in [-0.1, -0.05) is 44.2 Å². The number of hydrogen-bond donors (Lipinski definition) is 0. The summed E-state index contributed by atoms with van der Waals surface area (Å²) >= 11 is 0. The molecule has 0 radical (unpaired) electrons. The second-order valence-electron chi connectivity index (χ2n) is 12.5. The van der Waals surface area contributed by atoms with Crippen LogP contribution in [0.3, 0.4) is 0 Å². The van der Waals surface area contributed by atoms with E-state index in [2.05, 4.69) is 57.3 Å².